The predicted molar refractivity (Wildman–Crippen MR) is 265 cm³/mol. The van der Waals surface area contributed by atoms with Crippen molar-refractivity contribution in [2.24, 2.45) is 0 Å². The second-order valence-electron chi connectivity index (χ2n) is 19.4. The number of allylic oxidation sites excluding steroid dienone is 1. The van der Waals surface area contributed by atoms with E-state index < -0.39 is 0 Å². The minimum atomic E-state index is -0.00807. The number of benzene rings is 7. The van der Waals surface area contributed by atoms with E-state index >= 15 is 0 Å². The summed E-state index contributed by atoms with van der Waals surface area (Å²) in [7, 11) is 0. The van der Waals surface area contributed by atoms with Crippen molar-refractivity contribution in [3.63, 3.8) is 0 Å². The molecule has 61 heavy (non-hydrogen) atoms. The molecular weight excluding hydrogens is 756 g/mol. The molecule has 0 spiro atoms. The minimum absolute atomic E-state index is 0.00326. The van der Waals surface area contributed by atoms with E-state index in [1.165, 1.54) is 110 Å². The Bertz CT molecular complexity index is 3050. The smallest absolute Gasteiger partial charge is 0.252 e. The van der Waals surface area contributed by atoms with Crippen LogP contribution in [-0.2, 0) is 17.3 Å². The van der Waals surface area contributed by atoms with Gasteiger partial charge in [-0.25, -0.2) is 0 Å². The van der Waals surface area contributed by atoms with E-state index in [9.17, 15) is 0 Å². The van der Waals surface area contributed by atoms with E-state index in [1.54, 1.807) is 0 Å². The highest BCUT2D eigenvalue weighted by atomic mass is 32.1. The molecule has 1 aliphatic carbocycles. The molecule has 1 aromatic heterocycles. The highest BCUT2D eigenvalue weighted by molar-refractivity contribution is 7.19. The summed E-state index contributed by atoms with van der Waals surface area (Å²) in [4.78, 5) is 6.63. The molecular formula is C57H51BN2S. The summed E-state index contributed by atoms with van der Waals surface area (Å²) >= 11 is 1.96. The van der Waals surface area contributed by atoms with Crippen LogP contribution in [0.2, 0.25) is 0 Å². The summed E-state index contributed by atoms with van der Waals surface area (Å²) in [5, 5.41) is 1.38. The molecule has 2 nitrogen and oxygen atoms in total. The maximum absolute atomic E-state index is 2.57. The van der Waals surface area contributed by atoms with Crippen LogP contribution in [0.4, 0.5) is 34.1 Å². The van der Waals surface area contributed by atoms with Gasteiger partial charge < -0.3 is 9.80 Å². The van der Waals surface area contributed by atoms with Gasteiger partial charge in [0.2, 0.25) is 0 Å². The summed E-state index contributed by atoms with van der Waals surface area (Å²) in [5.74, 6) is 0. The Morgan fingerprint density at radius 2 is 1.05 bits per heavy atom. The molecule has 0 saturated carbocycles. The van der Waals surface area contributed by atoms with Gasteiger partial charge in [-0.1, -0.05) is 145 Å². The van der Waals surface area contributed by atoms with Crippen LogP contribution in [0.5, 0.6) is 0 Å². The summed E-state index contributed by atoms with van der Waals surface area (Å²) in [6.45, 7) is 16.3. The van der Waals surface area contributed by atoms with Crippen LogP contribution in [0.25, 0.3) is 26.8 Å². The Hall–Kier alpha value is -6.10. The van der Waals surface area contributed by atoms with E-state index in [0.29, 0.717) is 0 Å². The normalized spacial score (nSPS) is 14.3. The molecule has 0 saturated heterocycles. The minimum Gasteiger partial charge on any atom is -0.311 e. The number of nitrogens with zero attached hydrogens (tertiary/aromatic N) is 2. The van der Waals surface area contributed by atoms with Gasteiger partial charge in [-0.05, 0) is 141 Å². The van der Waals surface area contributed by atoms with Crippen molar-refractivity contribution < 1.29 is 0 Å². The third-order valence-corrected chi connectivity index (χ3v) is 14.5. The Balaban J connectivity index is 1.12. The lowest BCUT2D eigenvalue weighted by atomic mass is 9.33. The molecule has 0 bridgehead atoms. The van der Waals surface area contributed by atoms with E-state index in [0.717, 1.165) is 12.8 Å². The summed E-state index contributed by atoms with van der Waals surface area (Å²) in [5.41, 5.74) is 21.9. The number of hydrogen-bond acceptors (Lipinski definition) is 3. The average Bonchev–Trinajstić information content (AvgIpc) is 3.65. The van der Waals surface area contributed by atoms with Gasteiger partial charge >= 0.3 is 0 Å². The number of anilines is 6. The average molecular weight is 807 g/mol. The Morgan fingerprint density at radius 1 is 0.525 bits per heavy atom. The van der Waals surface area contributed by atoms with Gasteiger partial charge in [0.15, 0.2) is 0 Å². The van der Waals surface area contributed by atoms with Crippen LogP contribution in [0, 0.1) is 6.92 Å². The number of rotatable bonds is 4. The molecule has 7 aromatic carbocycles. The number of fused-ring (bicyclic) bond motifs is 7. The van der Waals surface area contributed by atoms with Crippen LogP contribution in [0.15, 0.2) is 158 Å². The van der Waals surface area contributed by atoms with Gasteiger partial charge in [-0.15, -0.1) is 11.3 Å². The van der Waals surface area contributed by atoms with Crippen molar-refractivity contribution in [2.75, 3.05) is 9.80 Å². The largest absolute Gasteiger partial charge is 0.311 e. The molecule has 0 radical (unpaired) electrons. The SMILES string of the molecule is Cc1cc2c3c(c1)N(c1ccc(-c4ccccc4)cc1)c1cc(C(C)(C)C)ccc1B3c1ccc(C(C)(C)C)cc1N2c1ccc(C2=CCCc3sc4ccccc4c32)cc1. The molecule has 3 aliphatic rings. The first-order valence-electron chi connectivity index (χ1n) is 21.9. The molecule has 11 rings (SSSR count). The predicted octanol–water partition coefficient (Wildman–Crippen LogP) is 13.9. The first kappa shape index (κ1) is 37.9. The van der Waals surface area contributed by atoms with Crippen LogP contribution in [0.1, 0.15) is 80.7 Å². The fraction of sp³-hybridized carbons (Fsp3) is 0.193. The van der Waals surface area contributed by atoms with E-state index in [1.807, 2.05) is 11.3 Å². The quantitative estimate of drug-likeness (QED) is 0.164. The van der Waals surface area contributed by atoms with E-state index in [2.05, 4.69) is 216 Å². The Labute approximate surface area is 365 Å². The van der Waals surface area contributed by atoms with Gasteiger partial charge in [0.1, 0.15) is 0 Å². The Kier molecular flexibility index (Phi) is 8.68. The molecule has 0 atom stereocenters. The highest BCUT2D eigenvalue weighted by Gasteiger charge is 2.44. The first-order valence-corrected chi connectivity index (χ1v) is 22.7. The van der Waals surface area contributed by atoms with Gasteiger partial charge in [0, 0.05) is 54.7 Å². The molecule has 3 heterocycles. The van der Waals surface area contributed by atoms with Crippen molar-refractivity contribution in [1.29, 1.82) is 0 Å². The molecule has 8 aromatic rings. The van der Waals surface area contributed by atoms with Crippen LogP contribution >= 0.6 is 11.3 Å². The fourth-order valence-electron chi connectivity index (χ4n) is 10.1. The topological polar surface area (TPSA) is 6.48 Å². The molecule has 0 N–H and O–H groups in total. The van der Waals surface area contributed by atoms with Crippen LogP contribution in [0.3, 0.4) is 0 Å². The third-order valence-electron chi connectivity index (χ3n) is 13.3. The second-order valence-corrected chi connectivity index (χ2v) is 20.5. The van der Waals surface area contributed by atoms with Crippen molar-refractivity contribution in [3.8, 4) is 11.1 Å². The van der Waals surface area contributed by atoms with Crippen molar-refractivity contribution in [1.82, 2.24) is 0 Å². The lowest BCUT2D eigenvalue weighted by Crippen LogP contribution is -2.61. The molecule has 4 heteroatoms. The van der Waals surface area contributed by atoms with Crippen molar-refractivity contribution in [2.45, 2.75) is 72.1 Å². The summed E-state index contributed by atoms with van der Waals surface area (Å²) < 4.78 is 1.38. The Morgan fingerprint density at radius 3 is 1.62 bits per heavy atom. The maximum atomic E-state index is 2.57. The number of hydrogen-bond donors (Lipinski definition) is 0. The monoisotopic (exact) mass is 806 g/mol. The first-order chi connectivity index (χ1) is 29.4. The van der Waals surface area contributed by atoms with Crippen molar-refractivity contribution in [3.05, 3.63) is 190 Å². The number of thiophene rings is 1. The van der Waals surface area contributed by atoms with Crippen molar-refractivity contribution >= 4 is 84.2 Å². The van der Waals surface area contributed by atoms with Gasteiger partial charge in [-0.2, -0.15) is 0 Å². The van der Waals surface area contributed by atoms with Crippen LogP contribution in [-0.4, -0.2) is 6.71 Å². The van der Waals surface area contributed by atoms with Gasteiger partial charge in [0.25, 0.3) is 6.71 Å². The zero-order valence-electron chi connectivity index (χ0n) is 36.3. The summed E-state index contributed by atoms with van der Waals surface area (Å²) in [6, 6.07) is 57.8. The molecule has 2 aliphatic heterocycles. The molecule has 298 valence electrons. The molecule has 0 unspecified atom stereocenters. The molecule has 0 fully saturated rings. The maximum Gasteiger partial charge on any atom is 0.252 e. The number of aryl methyl sites for hydroxylation is 2. The van der Waals surface area contributed by atoms with E-state index in [-0.39, 0.29) is 17.5 Å². The van der Waals surface area contributed by atoms with Gasteiger partial charge in [0.05, 0.1) is 0 Å². The fourth-order valence-corrected chi connectivity index (χ4v) is 11.4. The highest BCUT2D eigenvalue weighted by Crippen LogP contribution is 2.47. The van der Waals surface area contributed by atoms with Crippen LogP contribution < -0.4 is 26.2 Å². The third kappa shape index (κ3) is 6.21. The lowest BCUT2D eigenvalue weighted by molar-refractivity contribution is 0.590. The zero-order chi connectivity index (χ0) is 41.8. The lowest BCUT2D eigenvalue weighted by Gasteiger charge is -2.45. The standard InChI is InChI=1S/C57H51BN2S/c1-36-32-50-55-51(33-36)60(43-28-22-39(23-29-43)44-17-13-19-53-54(44)45-16-11-12-18-52(45)61-53)49-35-41(57(5,6)7)25-31-47(49)58(55)46-30-24-40(56(2,3)4)34-48(46)59(50)42-26-20-38(21-27-42)37-14-9-8-10-15-37/h8-12,14-18,20-35H,13,19H2,1-7H3. The van der Waals surface area contributed by atoms with E-state index in [4.69, 9.17) is 0 Å². The zero-order valence-corrected chi connectivity index (χ0v) is 37.1. The summed E-state index contributed by atoms with van der Waals surface area (Å²) in [6.07, 6.45) is 4.66. The van der Waals surface area contributed by atoms with Gasteiger partial charge in [-0.3, -0.25) is 0 Å². The second kappa shape index (κ2) is 14.0. The molecule has 0 amide bonds.